The Labute approximate surface area is 100 Å². The van der Waals surface area contributed by atoms with Crippen molar-refractivity contribution in [2.45, 2.75) is 0 Å². The summed E-state index contributed by atoms with van der Waals surface area (Å²) < 4.78 is 4.36. The van der Waals surface area contributed by atoms with Crippen LogP contribution in [0.2, 0.25) is 0 Å². The number of rotatable bonds is 2. The molecule has 0 aliphatic rings. The molecule has 1 aromatic carbocycles. The molecule has 0 aliphatic carbocycles. The molecule has 0 atom stereocenters. The lowest BCUT2D eigenvalue weighted by Gasteiger charge is -2.02. The summed E-state index contributed by atoms with van der Waals surface area (Å²) in [6.07, 6.45) is 1.69. The molecule has 0 aliphatic heterocycles. The third-order valence-corrected chi connectivity index (χ3v) is 2.43. The minimum atomic E-state index is -0.479. The first kappa shape index (κ1) is 10.3. The van der Waals surface area contributed by atoms with E-state index in [2.05, 4.69) is 30.5 Å². The Morgan fingerprint density at radius 1 is 1.39 bits per heavy atom. The number of anilines is 2. The molecular weight excluding hydrogens is 236 g/mol. The van der Waals surface area contributed by atoms with Crippen LogP contribution in [0.15, 0.2) is 29.0 Å². The van der Waals surface area contributed by atoms with Gasteiger partial charge in [0, 0.05) is 11.1 Å². The van der Waals surface area contributed by atoms with Crippen molar-refractivity contribution < 1.29 is 9.42 Å². The summed E-state index contributed by atoms with van der Waals surface area (Å²) in [4.78, 5) is 11.8. The van der Waals surface area contributed by atoms with Gasteiger partial charge in [0.2, 0.25) is 11.5 Å². The van der Waals surface area contributed by atoms with Gasteiger partial charge in [-0.2, -0.15) is 5.10 Å². The van der Waals surface area contributed by atoms with Gasteiger partial charge in [-0.1, -0.05) is 0 Å². The summed E-state index contributed by atoms with van der Waals surface area (Å²) in [5, 5.41) is 17.0. The van der Waals surface area contributed by atoms with E-state index in [0.29, 0.717) is 5.69 Å². The fourth-order valence-corrected chi connectivity index (χ4v) is 1.56. The maximum Gasteiger partial charge on any atom is 0.281 e. The number of aromatic nitrogens is 4. The number of nitrogen functional groups attached to an aromatic ring is 1. The minimum absolute atomic E-state index is 0.0419. The summed E-state index contributed by atoms with van der Waals surface area (Å²) in [6.45, 7) is 0. The fraction of sp³-hybridized carbons (Fsp3) is 0. The lowest BCUT2D eigenvalue weighted by Crippen LogP contribution is -2.14. The van der Waals surface area contributed by atoms with Gasteiger partial charge in [-0.3, -0.25) is 9.89 Å². The van der Waals surface area contributed by atoms with Crippen molar-refractivity contribution in [2.24, 2.45) is 0 Å². The van der Waals surface area contributed by atoms with E-state index >= 15 is 0 Å². The zero-order valence-electron chi connectivity index (χ0n) is 9.04. The Hall–Kier alpha value is -2.90. The number of nitrogens with zero attached hydrogens (tertiary/aromatic N) is 3. The molecule has 0 bridgehead atoms. The highest BCUT2D eigenvalue weighted by atomic mass is 16.6. The molecule has 0 fully saturated rings. The van der Waals surface area contributed by atoms with Crippen LogP contribution < -0.4 is 11.1 Å². The van der Waals surface area contributed by atoms with Gasteiger partial charge in [0.25, 0.3) is 5.91 Å². The molecular formula is C10H8N6O2. The normalized spacial score (nSPS) is 10.7. The van der Waals surface area contributed by atoms with Gasteiger partial charge in [-0.15, -0.1) is 0 Å². The number of carbonyl (C=O) groups excluding carboxylic acids is 1. The summed E-state index contributed by atoms with van der Waals surface area (Å²) in [5.74, 6) is -0.525. The molecule has 18 heavy (non-hydrogen) atoms. The maximum atomic E-state index is 11.8. The molecule has 0 saturated carbocycles. The van der Waals surface area contributed by atoms with Crippen molar-refractivity contribution in [3.8, 4) is 0 Å². The van der Waals surface area contributed by atoms with E-state index in [4.69, 9.17) is 5.73 Å². The van der Waals surface area contributed by atoms with Crippen LogP contribution in [-0.4, -0.2) is 26.4 Å². The molecule has 0 spiro atoms. The number of hydrogen-bond donors (Lipinski definition) is 3. The van der Waals surface area contributed by atoms with Gasteiger partial charge in [0.1, 0.15) is 0 Å². The van der Waals surface area contributed by atoms with E-state index in [1.807, 2.05) is 6.07 Å². The molecule has 3 aromatic rings. The Balaban J connectivity index is 1.88. The summed E-state index contributed by atoms with van der Waals surface area (Å²) in [5.41, 5.74) is 6.80. The van der Waals surface area contributed by atoms with Gasteiger partial charge in [-0.25, -0.2) is 4.63 Å². The summed E-state index contributed by atoms with van der Waals surface area (Å²) in [7, 11) is 0. The highest BCUT2D eigenvalue weighted by Crippen LogP contribution is 2.17. The standard InChI is InChI=1S/C10H8N6O2/c11-9-8(15-18-16-9)10(17)13-6-2-1-5-4-12-14-7(5)3-6/h1-4H,(H2,11,16)(H,12,14)(H,13,17). The molecule has 0 unspecified atom stereocenters. The van der Waals surface area contributed by atoms with E-state index in [1.54, 1.807) is 18.3 Å². The molecule has 8 heteroatoms. The quantitative estimate of drug-likeness (QED) is 0.612. The second-order valence-electron chi connectivity index (χ2n) is 3.62. The molecule has 1 amide bonds. The maximum absolute atomic E-state index is 11.8. The number of aromatic amines is 1. The van der Waals surface area contributed by atoms with Crippen molar-refractivity contribution in [1.29, 1.82) is 0 Å². The average Bonchev–Trinajstić information content (AvgIpc) is 2.96. The predicted molar refractivity (Wildman–Crippen MR) is 62.8 cm³/mol. The van der Waals surface area contributed by atoms with Crippen LogP contribution in [0, 0.1) is 0 Å². The SMILES string of the molecule is Nc1nonc1C(=O)Nc1ccc2cn[nH]c2c1. The van der Waals surface area contributed by atoms with Crippen molar-refractivity contribution in [1.82, 2.24) is 20.5 Å². The number of amides is 1. The van der Waals surface area contributed by atoms with E-state index in [9.17, 15) is 4.79 Å². The third kappa shape index (κ3) is 1.65. The van der Waals surface area contributed by atoms with Crippen LogP contribution in [0.3, 0.4) is 0 Å². The number of carbonyl (C=O) groups is 1. The molecule has 2 aromatic heterocycles. The van der Waals surface area contributed by atoms with Crippen LogP contribution >= 0.6 is 0 Å². The van der Waals surface area contributed by atoms with Crippen LogP contribution in [0.1, 0.15) is 10.5 Å². The Kier molecular flexibility index (Phi) is 2.19. The molecule has 3 rings (SSSR count). The second-order valence-corrected chi connectivity index (χ2v) is 3.62. The lowest BCUT2D eigenvalue weighted by atomic mass is 10.2. The van der Waals surface area contributed by atoms with E-state index < -0.39 is 5.91 Å². The highest BCUT2D eigenvalue weighted by Gasteiger charge is 2.16. The van der Waals surface area contributed by atoms with Gasteiger partial charge >= 0.3 is 0 Å². The van der Waals surface area contributed by atoms with Gasteiger partial charge < -0.3 is 11.1 Å². The largest absolute Gasteiger partial charge is 0.379 e. The number of nitrogens with two attached hydrogens (primary N) is 1. The summed E-state index contributed by atoms with van der Waals surface area (Å²) >= 11 is 0. The number of fused-ring (bicyclic) bond motifs is 1. The Morgan fingerprint density at radius 3 is 3.06 bits per heavy atom. The van der Waals surface area contributed by atoms with Gasteiger partial charge in [-0.05, 0) is 28.5 Å². The first-order valence-corrected chi connectivity index (χ1v) is 5.06. The van der Waals surface area contributed by atoms with Crippen LogP contribution in [0.5, 0.6) is 0 Å². The average molecular weight is 244 g/mol. The summed E-state index contributed by atoms with van der Waals surface area (Å²) in [6, 6.07) is 5.34. The molecule has 2 heterocycles. The van der Waals surface area contributed by atoms with Gasteiger partial charge in [0.05, 0.1) is 11.7 Å². The smallest absolute Gasteiger partial charge is 0.281 e. The first-order chi connectivity index (χ1) is 8.74. The Bertz CT molecular complexity index is 716. The van der Waals surface area contributed by atoms with Crippen molar-refractivity contribution in [3.05, 3.63) is 30.1 Å². The first-order valence-electron chi connectivity index (χ1n) is 5.06. The van der Waals surface area contributed by atoms with Crippen LogP contribution in [0.4, 0.5) is 11.5 Å². The Morgan fingerprint density at radius 2 is 2.28 bits per heavy atom. The van der Waals surface area contributed by atoms with Crippen molar-refractivity contribution >= 4 is 28.3 Å². The van der Waals surface area contributed by atoms with Gasteiger partial charge in [0.15, 0.2) is 0 Å². The van der Waals surface area contributed by atoms with Crippen LogP contribution in [0.25, 0.3) is 10.9 Å². The van der Waals surface area contributed by atoms with E-state index in [-0.39, 0.29) is 11.5 Å². The molecule has 0 radical (unpaired) electrons. The zero-order valence-corrected chi connectivity index (χ0v) is 9.04. The highest BCUT2D eigenvalue weighted by molar-refractivity contribution is 6.06. The monoisotopic (exact) mass is 244 g/mol. The molecule has 4 N–H and O–H groups in total. The fourth-order valence-electron chi connectivity index (χ4n) is 1.56. The predicted octanol–water partition coefficient (Wildman–Crippen LogP) is 0.780. The molecule has 90 valence electrons. The third-order valence-electron chi connectivity index (χ3n) is 2.43. The topological polar surface area (TPSA) is 123 Å². The molecule has 8 nitrogen and oxygen atoms in total. The van der Waals surface area contributed by atoms with Crippen molar-refractivity contribution in [3.63, 3.8) is 0 Å². The number of H-pyrrole nitrogens is 1. The van der Waals surface area contributed by atoms with E-state index in [0.717, 1.165) is 10.9 Å². The number of benzene rings is 1. The lowest BCUT2D eigenvalue weighted by molar-refractivity contribution is 0.101. The minimum Gasteiger partial charge on any atom is -0.379 e. The van der Waals surface area contributed by atoms with Crippen LogP contribution in [-0.2, 0) is 0 Å². The number of nitrogens with one attached hydrogen (secondary N) is 2. The second kappa shape index (κ2) is 3.84. The number of hydrogen-bond acceptors (Lipinski definition) is 6. The zero-order chi connectivity index (χ0) is 12.5. The molecule has 0 saturated heterocycles. The van der Waals surface area contributed by atoms with E-state index in [1.165, 1.54) is 0 Å². The van der Waals surface area contributed by atoms with Crippen molar-refractivity contribution in [2.75, 3.05) is 11.1 Å².